The van der Waals surface area contributed by atoms with Crippen LogP contribution >= 0.6 is 0 Å². The second-order valence-corrected chi connectivity index (χ2v) is 4.67. The van der Waals surface area contributed by atoms with Crippen LogP contribution in [0.25, 0.3) is 0 Å². The lowest BCUT2D eigenvalue weighted by atomic mass is 9.95. The third-order valence-corrected chi connectivity index (χ3v) is 2.10. The Morgan fingerprint density at radius 2 is 1.93 bits per heavy atom. The highest BCUT2D eigenvalue weighted by Crippen LogP contribution is 2.19. The number of benzene rings is 1. The van der Waals surface area contributed by atoms with Crippen molar-refractivity contribution in [1.29, 1.82) is 0 Å². The van der Waals surface area contributed by atoms with E-state index in [0.29, 0.717) is 11.3 Å². The van der Waals surface area contributed by atoms with E-state index in [4.69, 9.17) is 0 Å². The van der Waals surface area contributed by atoms with Crippen LogP contribution in [0.15, 0.2) is 18.2 Å². The average Bonchev–Trinajstić information content (AvgIpc) is 2.10. The van der Waals surface area contributed by atoms with Gasteiger partial charge in [-0.05, 0) is 30.7 Å². The molecule has 0 aliphatic carbocycles. The fourth-order valence-electron chi connectivity index (χ4n) is 1.04. The van der Waals surface area contributed by atoms with Crippen molar-refractivity contribution >= 4 is 11.6 Å². The zero-order chi connectivity index (χ0) is 11.6. The summed E-state index contributed by atoms with van der Waals surface area (Å²) in [6.07, 6.45) is 0. The van der Waals surface area contributed by atoms with Crippen molar-refractivity contribution < 1.29 is 9.18 Å². The molecule has 15 heavy (non-hydrogen) atoms. The molecule has 0 aromatic heterocycles. The van der Waals surface area contributed by atoms with E-state index in [1.807, 2.05) is 20.8 Å². The van der Waals surface area contributed by atoms with Gasteiger partial charge in [-0.3, -0.25) is 4.79 Å². The van der Waals surface area contributed by atoms with Crippen LogP contribution in [0.2, 0.25) is 0 Å². The van der Waals surface area contributed by atoms with Crippen LogP contribution in [-0.2, 0) is 4.79 Å². The fraction of sp³-hybridized carbons (Fsp3) is 0.417. The molecule has 0 spiro atoms. The summed E-state index contributed by atoms with van der Waals surface area (Å²) in [5, 5.41) is 2.74. The smallest absolute Gasteiger partial charge is 0.229 e. The highest BCUT2D eigenvalue weighted by atomic mass is 19.1. The molecule has 1 aromatic carbocycles. The predicted molar refractivity (Wildman–Crippen MR) is 59.2 cm³/mol. The number of nitrogens with one attached hydrogen (secondary N) is 1. The Bertz CT molecular complexity index is 380. The van der Waals surface area contributed by atoms with Crippen molar-refractivity contribution in [2.24, 2.45) is 5.41 Å². The topological polar surface area (TPSA) is 29.1 Å². The number of anilines is 1. The number of aryl methyl sites for hydroxylation is 1. The summed E-state index contributed by atoms with van der Waals surface area (Å²) in [5.41, 5.74) is 0.720. The fourth-order valence-corrected chi connectivity index (χ4v) is 1.04. The first-order chi connectivity index (χ1) is 6.80. The second-order valence-electron chi connectivity index (χ2n) is 4.67. The van der Waals surface area contributed by atoms with Crippen LogP contribution in [0, 0.1) is 18.2 Å². The molecule has 0 heterocycles. The van der Waals surface area contributed by atoms with Gasteiger partial charge >= 0.3 is 0 Å². The first-order valence-electron chi connectivity index (χ1n) is 4.88. The molecule has 1 rings (SSSR count). The van der Waals surface area contributed by atoms with Gasteiger partial charge in [-0.2, -0.15) is 0 Å². The van der Waals surface area contributed by atoms with Gasteiger partial charge in [-0.25, -0.2) is 4.39 Å². The third-order valence-electron chi connectivity index (χ3n) is 2.10. The van der Waals surface area contributed by atoms with Gasteiger partial charge in [0.05, 0.1) is 0 Å². The zero-order valence-corrected chi connectivity index (χ0v) is 9.52. The Kier molecular flexibility index (Phi) is 3.12. The average molecular weight is 209 g/mol. The Morgan fingerprint density at radius 3 is 2.40 bits per heavy atom. The van der Waals surface area contributed by atoms with Gasteiger partial charge in [0.15, 0.2) is 0 Å². The monoisotopic (exact) mass is 209 g/mol. The molecule has 1 amide bonds. The van der Waals surface area contributed by atoms with Gasteiger partial charge in [0.25, 0.3) is 0 Å². The predicted octanol–water partition coefficient (Wildman–Crippen LogP) is 3.12. The van der Waals surface area contributed by atoms with Gasteiger partial charge in [-0.1, -0.05) is 20.8 Å². The largest absolute Gasteiger partial charge is 0.326 e. The number of hydrogen-bond donors (Lipinski definition) is 1. The van der Waals surface area contributed by atoms with E-state index in [-0.39, 0.29) is 11.7 Å². The molecule has 0 saturated carbocycles. The maximum Gasteiger partial charge on any atom is 0.229 e. The SMILES string of the molecule is Cc1cc(NC(=O)C(C)(C)C)ccc1F. The van der Waals surface area contributed by atoms with Crippen LogP contribution in [0.5, 0.6) is 0 Å². The van der Waals surface area contributed by atoms with Gasteiger partial charge in [0.2, 0.25) is 5.91 Å². The summed E-state index contributed by atoms with van der Waals surface area (Å²) in [5.74, 6) is -0.336. The minimum absolute atomic E-state index is 0.0755. The maximum absolute atomic E-state index is 13.0. The molecule has 1 N–H and O–H groups in total. The van der Waals surface area contributed by atoms with E-state index in [1.54, 1.807) is 19.1 Å². The van der Waals surface area contributed by atoms with Crippen molar-refractivity contribution in [3.8, 4) is 0 Å². The zero-order valence-electron chi connectivity index (χ0n) is 9.52. The molecule has 1 aromatic rings. The molecule has 0 atom stereocenters. The minimum atomic E-state index is -0.442. The van der Waals surface area contributed by atoms with Crippen molar-refractivity contribution in [2.75, 3.05) is 5.32 Å². The number of hydrogen-bond acceptors (Lipinski definition) is 1. The lowest BCUT2D eigenvalue weighted by Crippen LogP contribution is -2.27. The molecule has 0 aliphatic rings. The van der Waals surface area contributed by atoms with E-state index in [0.717, 1.165) is 0 Å². The molecule has 0 aliphatic heterocycles. The van der Waals surface area contributed by atoms with Crippen LogP contribution in [-0.4, -0.2) is 5.91 Å². The van der Waals surface area contributed by atoms with Crippen LogP contribution in [0.1, 0.15) is 26.3 Å². The first-order valence-corrected chi connectivity index (χ1v) is 4.88. The van der Waals surface area contributed by atoms with E-state index < -0.39 is 5.41 Å². The minimum Gasteiger partial charge on any atom is -0.326 e. The van der Waals surface area contributed by atoms with Crippen molar-refractivity contribution in [3.63, 3.8) is 0 Å². The van der Waals surface area contributed by atoms with E-state index in [2.05, 4.69) is 5.32 Å². The lowest BCUT2D eigenvalue weighted by molar-refractivity contribution is -0.123. The first kappa shape index (κ1) is 11.7. The van der Waals surface area contributed by atoms with Gasteiger partial charge in [-0.15, -0.1) is 0 Å². The molecule has 2 nitrogen and oxygen atoms in total. The summed E-state index contributed by atoms with van der Waals surface area (Å²) in [4.78, 5) is 11.6. The van der Waals surface area contributed by atoms with E-state index >= 15 is 0 Å². The molecule has 0 fully saturated rings. The van der Waals surface area contributed by atoms with Crippen LogP contribution in [0.3, 0.4) is 0 Å². The van der Waals surface area contributed by atoms with Gasteiger partial charge in [0, 0.05) is 11.1 Å². The quantitative estimate of drug-likeness (QED) is 0.756. The van der Waals surface area contributed by atoms with Crippen molar-refractivity contribution in [1.82, 2.24) is 0 Å². The molecular weight excluding hydrogens is 193 g/mol. The van der Waals surface area contributed by atoms with Gasteiger partial charge < -0.3 is 5.32 Å². The maximum atomic E-state index is 13.0. The molecule has 0 saturated heterocycles. The van der Waals surface area contributed by atoms with E-state index in [1.165, 1.54) is 6.07 Å². The van der Waals surface area contributed by atoms with E-state index in [9.17, 15) is 9.18 Å². The normalized spacial score (nSPS) is 11.3. The van der Waals surface area contributed by atoms with Crippen molar-refractivity contribution in [3.05, 3.63) is 29.6 Å². The standard InChI is InChI=1S/C12H16FNO/c1-8-7-9(5-6-10(8)13)14-11(15)12(2,3)4/h5-7H,1-4H3,(H,14,15). The summed E-state index contributed by atoms with van der Waals surface area (Å²) in [6, 6.07) is 4.54. The molecule has 0 radical (unpaired) electrons. The highest BCUT2D eigenvalue weighted by Gasteiger charge is 2.21. The van der Waals surface area contributed by atoms with Gasteiger partial charge in [0.1, 0.15) is 5.82 Å². The van der Waals surface area contributed by atoms with Crippen LogP contribution < -0.4 is 5.32 Å². The van der Waals surface area contributed by atoms with Crippen LogP contribution in [0.4, 0.5) is 10.1 Å². The summed E-state index contributed by atoms with van der Waals surface area (Å²) in [7, 11) is 0. The Hall–Kier alpha value is -1.38. The molecule has 0 unspecified atom stereocenters. The number of halogens is 1. The third kappa shape index (κ3) is 3.05. The second kappa shape index (κ2) is 4.01. The highest BCUT2D eigenvalue weighted by molar-refractivity contribution is 5.94. The lowest BCUT2D eigenvalue weighted by Gasteiger charge is -2.17. The Labute approximate surface area is 89.5 Å². The summed E-state index contributed by atoms with van der Waals surface area (Å²) >= 11 is 0. The molecular formula is C12H16FNO. The van der Waals surface area contributed by atoms with Crippen molar-refractivity contribution in [2.45, 2.75) is 27.7 Å². The number of amides is 1. The molecule has 0 bridgehead atoms. The summed E-state index contributed by atoms with van der Waals surface area (Å²) < 4.78 is 13.0. The summed E-state index contributed by atoms with van der Waals surface area (Å²) in [6.45, 7) is 7.16. The Balaban J connectivity index is 2.83. The molecule has 82 valence electrons. The number of carbonyl (C=O) groups excluding carboxylic acids is 1. The number of carbonyl (C=O) groups is 1. The Morgan fingerprint density at radius 1 is 1.33 bits per heavy atom. The number of rotatable bonds is 1. The molecule has 3 heteroatoms.